The zero-order valence-corrected chi connectivity index (χ0v) is 7.38. The van der Waals surface area contributed by atoms with Crippen LogP contribution >= 0.6 is 0 Å². The van der Waals surface area contributed by atoms with Crippen LogP contribution in [0.2, 0.25) is 0 Å². The molecule has 0 bridgehead atoms. The molecule has 0 rings (SSSR count). The van der Waals surface area contributed by atoms with Gasteiger partial charge in [0.2, 0.25) is 0 Å². The molecule has 0 amide bonds. The zero-order chi connectivity index (χ0) is 9.23. The highest BCUT2D eigenvalue weighted by Crippen LogP contribution is 1.95. The topological polar surface area (TPSA) is 26.3 Å². The van der Waals surface area contributed by atoms with Gasteiger partial charge in [-0.1, -0.05) is 6.08 Å². The predicted molar refractivity (Wildman–Crippen MR) is 48.5 cm³/mol. The average Bonchev–Trinajstić information content (AvgIpc) is 2.05. The number of hydrogen-bond donors (Lipinski definition) is 0. The number of terminal acetylenes is 1. The van der Waals surface area contributed by atoms with E-state index in [1.165, 1.54) is 6.08 Å². The lowest BCUT2D eigenvalue weighted by Gasteiger charge is -1.93. The molecule has 0 heterocycles. The second kappa shape index (κ2) is 7.87. The molecule has 0 aliphatic rings. The lowest BCUT2D eigenvalue weighted by Crippen LogP contribution is -1.98. The maximum absolute atomic E-state index is 10.7. The summed E-state index contributed by atoms with van der Waals surface area (Å²) in [6, 6.07) is 0. The molecule has 0 saturated carbocycles. The molecule has 12 heavy (non-hydrogen) atoms. The van der Waals surface area contributed by atoms with E-state index in [9.17, 15) is 4.79 Å². The molecular formula is C10H14O2. The number of allylic oxidation sites excluding steroid dienone is 1. The molecule has 0 unspecified atom stereocenters. The van der Waals surface area contributed by atoms with Crippen LogP contribution in [-0.4, -0.2) is 12.6 Å². The molecule has 0 saturated heterocycles. The number of esters is 1. The van der Waals surface area contributed by atoms with Crippen LogP contribution in [0.5, 0.6) is 0 Å². The summed E-state index contributed by atoms with van der Waals surface area (Å²) in [5.41, 5.74) is 0. The van der Waals surface area contributed by atoms with Gasteiger partial charge in [0.15, 0.2) is 0 Å². The maximum atomic E-state index is 10.7. The number of rotatable bonds is 5. The van der Waals surface area contributed by atoms with E-state index in [4.69, 9.17) is 6.42 Å². The molecule has 0 aliphatic carbocycles. The molecule has 2 heteroatoms. The predicted octanol–water partition coefficient (Wildman–Crippen LogP) is 1.91. The van der Waals surface area contributed by atoms with E-state index in [0.29, 0.717) is 6.61 Å². The van der Waals surface area contributed by atoms with Crippen LogP contribution in [0.3, 0.4) is 0 Å². The maximum Gasteiger partial charge on any atom is 0.330 e. The second-order valence-corrected chi connectivity index (χ2v) is 2.25. The van der Waals surface area contributed by atoms with E-state index < -0.39 is 0 Å². The Morgan fingerprint density at radius 3 is 3.00 bits per heavy atom. The minimum absolute atomic E-state index is 0.279. The Balaban J connectivity index is 3.36. The van der Waals surface area contributed by atoms with Crippen LogP contribution in [0.15, 0.2) is 12.2 Å². The molecule has 0 fully saturated rings. The Bertz CT molecular complexity index is 187. The average molecular weight is 166 g/mol. The summed E-state index contributed by atoms with van der Waals surface area (Å²) in [4.78, 5) is 10.7. The van der Waals surface area contributed by atoms with Gasteiger partial charge in [-0.25, -0.2) is 4.79 Å². The molecule has 0 N–H and O–H groups in total. The smallest absolute Gasteiger partial charge is 0.330 e. The summed E-state index contributed by atoms with van der Waals surface area (Å²) in [5, 5.41) is 0. The highest BCUT2D eigenvalue weighted by Gasteiger charge is 1.91. The van der Waals surface area contributed by atoms with Gasteiger partial charge in [-0.05, 0) is 19.8 Å². The summed E-state index contributed by atoms with van der Waals surface area (Å²) < 4.78 is 4.68. The monoisotopic (exact) mass is 166 g/mol. The number of carbonyl (C=O) groups excluding carboxylic acids is 1. The Hall–Kier alpha value is -1.23. The van der Waals surface area contributed by atoms with E-state index in [1.54, 1.807) is 13.0 Å². The fourth-order valence-electron chi connectivity index (χ4n) is 0.692. The van der Waals surface area contributed by atoms with Crippen molar-refractivity contribution in [3.05, 3.63) is 12.2 Å². The number of ether oxygens (including phenoxy) is 1. The molecule has 2 nitrogen and oxygen atoms in total. The van der Waals surface area contributed by atoms with Crippen molar-refractivity contribution in [3.63, 3.8) is 0 Å². The van der Waals surface area contributed by atoms with E-state index in [1.807, 2.05) is 0 Å². The molecule has 0 spiro atoms. The first kappa shape index (κ1) is 10.8. The fraction of sp³-hybridized carbons (Fsp3) is 0.500. The van der Waals surface area contributed by atoms with Crippen LogP contribution in [0.1, 0.15) is 26.2 Å². The van der Waals surface area contributed by atoms with Gasteiger partial charge in [-0.15, -0.1) is 12.3 Å². The van der Waals surface area contributed by atoms with Gasteiger partial charge in [-0.2, -0.15) is 0 Å². The first-order chi connectivity index (χ1) is 5.81. The molecule has 66 valence electrons. The number of hydrogen-bond acceptors (Lipinski definition) is 2. The van der Waals surface area contributed by atoms with E-state index in [0.717, 1.165) is 19.3 Å². The molecule has 0 aromatic carbocycles. The third-order valence-electron chi connectivity index (χ3n) is 1.23. The second-order valence-electron chi connectivity index (χ2n) is 2.25. The van der Waals surface area contributed by atoms with E-state index >= 15 is 0 Å². The SMILES string of the molecule is C#CCCCC=CC(=O)OCC. The van der Waals surface area contributed by atoms with Gasteiger partial charge >= 0.3 is 5.97 Å². The van der Waals surface area contributed by atoms with Gasteiger partial charge in [0.05, 0.1) is 6.61 Å². The molecule has 0 aromatic heterocycles. The zero-order valence-electron chi connectivity index (χ0n) is 7.38. The Kier molecular flexibility index (Phi) is 7.07. The Labute approximate surface area is 73.6 Å². The van der Waals surface area contributed by atoms with E-state index in [-0.39, 0.29) is 5.97 Å². The molecule has 0 aromatic rings. The minimum atomic E-state index is -0.279. The van der Waals surface area contributed by atoms with Gasteiger partial charge in [0.1, 0.15) is 0 Å². The molecular weight excluding hydrogens is 152 g/mol. The summed E-state index contributed by atoms with van der Waals surface area (Å²) in [6.45, 7) is 2.21. The van der Waals surface area contributed by atoms with Crippen LogP contribution in [-0.2, 0) is 9.53 Å². The third kappa shape index (κ3) is 6.88. The lowest BCUT2D eigenvalue weighted by molar-refractivity contribution is -0.137. The van der Waals surface area contributed by atoms with Gasteiger partial charge in [-0.3, -0.25) is 0 Å². The summed E-state index contributed by atoms with van der Waals surface area (Å²) in [5.74, 6) is 2.25. The van der Waals surface area contributed by atoms with Crippen LogP contribution < -0.4 is 0 Å². The van der Waals surface area contributed by atoms with Crippen molar-refractivity contribution in [2.24, 2.45) is 0 Å². The number of unbranched alkanes of at least 4 members (excludes halogenated alkanes) is 2. The molecule has 0 radical (unpaired) electrons. The number of carbonyl (C=O) groups is 1. The van der Waals surface area contributed by atoms with Crippen molar-refractivity contribution in [1.82, 2.24) is 0 Å². The Morgan fingerprint density at radius 1 is 1.67 bits per heavy atom. The summed E-state index contributed by atoms with van der Waals surface area (Å²) in [6.07, 6.45) is 10.8. The minimum Gasteiger partial charge on any atom is -0.463 e. The molecule has 0 atom stereocenters. The van der Waals surface area contributed by atoms with Crippen LogP contribution in [0, 0.1) is 12.3 Å². The van der Waals surface area contributed by atoms with Gasteiger partial charge in [0.25, 0.3) is 0 Å². The lowest BCUT2D eigenvalue weighted by atomic mass is 10.2. The van der Waals surface area contributed by atoms with Gasteiger partial charge < -0.3 is 4.74 Å². The van der Waals surface area contributed by atoms with Crippen molar-refractivity contribution < 1.29 is 9.53 Å². The Morgan fingerprint density at radius 2 is 2.42 bits per heavy atom. The van der Waals surface area contributed by atoms with Crippen molar-refractivity contribution in [2.45, 2.75) is 26.2 Å². The van der Waals surface area contributed by atoms with Crippen LogP contribution in [0.25, 0.3) is 0 Å². The first-order valence-electron chi connectivity index (χ1n) is 4.08. The summed E-state index contributed by atoms with van der Waals surface area (Å²) >= 11 is 0. The van der Waals surface area contributed by atoms with Crippen molar-refractivity contribution >= 4 is 5.97 Å². The normalized spacial score (nSPS) is 9.67. The van der Waals surface area contributed by atoms with Crippen molar-refractivity contribution in [2.75, 3.05) is 6.61 Å². The summed E-state index contributed by atoms with van der Waals surface area (Å²) in [7, 11) is 0. The highest BCUT2D eigenvalue weighted by atomic mass is 16.5. The largest absolute Gasteiger partial charge is 0.463 e. The van der Waals surface area contributed by atoms with Crippen LogP contribution in [0.4, 0.5) is 0 Å². The first-order valence-corrected chi connectivity index (χ1v) is 4.08. The van der Waals surface area contributed by atoms with Crippen molar-refractivity contribution in [3.8, 4) is 12.3 Å². The third-order valence-corrected chi connectivity index (χ3v) is 1.23. The van der Waals surface area contributed by atoms with Gasteiger partial charge in [0, 0.05) is 12.5 Å². The fourth-order valence-corrected chi connectivity index (χ4v) is 0.692. The van der Waals surface area contributed by atoms with Crippen molar-refractivity contribution in [1.29, 1.82) is 0 Å². The molecule has 0 aliphatic heterocycles. The highest BCUT2D eigenvalue weighted by molar-refractivity contribution is 5.81. The standard InChI is InChI=1S/C10H14O2/c1-3-5-6-7-8-9-10(11)12-4-2/h1,8-9H,4-7H2,2H3. The quantitative estimate of drug-likeness (QED) is 0.270. The van der Waals surface area contributed by atoms with E-state index in [2.05, 4.69) is 10.7 Å².